The van der Waals surface area contributed by atoms with Gasteiger partial charge in [-0.25, -0.2) is 4.79 Å². The first-order valence-electron chi connectivity index (χ1n) is 7.41. The monoisotopic (exact) mass is 291 g/mol. The van der Waals surface area contributed by atoms with Gasteiger partial charge in [0.2, 0.25) is 0 Å². The van der Waals surface area contributed by atoms with E-state index in [2.05, 4.69) is 23.5 Å². The SMILES string of the molecule is COCc1cccc(NC2CCN(C(=O)N(C)C)CC2)c1. The van der Waals surface area contributed by atoms with Gasteiger partial charge < -0.3 is 19.9 Å². The van der Waals surface area contributed by atoms with E-state index in [9.17, 15) is 4.79 Å². The molecule has 1 aliphatic heterocycles. The van der Waals surface area contributed by atoms with Gasteiger partial charge in [0.1, 0.15) is 0 Å². The maximum absolute atomic E-state index is 11.9. The topological polar surface area (TPSA) is 44.8 Å². The highest BCUT2D eigenvalue weighted by Crippen LogP contribution is 2.18. The van der Waals surface area contributed by atoms with Crippen molar-refractivity contribution in [1.82, 2.24) is 9.80 Å². The van der Waals surface area contributed by atoms with Crippen molar-refractivity contribution in [3.8, 4) is 0 Å². The third-order valence-corrected chi connectivity index (χ3v) is 3.76. The van der Waals surface area contributed by atoms with Crippen LogP contribution in [-0.4, -0.2) is 56.2 Å². The average Bonchev–Trinajstić information content (AvgIpc) is 2.48. The fraction of sp³-hybridized carbons (Fsp3) is 0.562. The summed E-state index contributed by atoms with van der Waals surface area (Å²) < 4.78 is 5.16. The number of anilines is 1. The molecule has 1 aromatic carbocycles. The molecule has 1 heterocycles. The molecule has 2 amide bonds. The third kappa shape index (κ3) is 4.36. The molecular weight excluding hydrogens is 266 g/mol. The van der Waals surface area contributed by atoms with Crippen molar-refractivity contribution in [2.24, 2.45) is 0 Å². The Morgan fingerprint density at radius 2 is 2.10 bits per heavy atom. The first-order chi connectivity index (χ1) is 10.1. The summed E-state index contributed by atoms with van der Waals surface area (Å²) in [7, 11) is 5.31. The van der Waals surface area contributed by atoms with Crippen LogP contribution in [0.15, 0.2) is 24.3 Å². The Kier molecular flexibility index (Phi) is 5.44. The van der Waals surface area contributed by atoms with E-state index in [1.54, 1.807) is 26.1 Å². The molecule has 116 valence electrons. The molecule has 1 aliphatic rings. The fourth-order valence-electron chi connectivity index (χ4n) is 2.65. The number of methoxy groups -OCH3 is 1. The van der Waals surface area contributed by atoms with Crippen LogP contribution in [0.4, 0.5) is 10.5 Å². The van der Waals surface area contributed by atoms with Gasteiger partial charge in [-0.1, -0.05) is 12.1 Å². The van der Waals surface area contributed by atoms with Crippen molar-refractivity contribution in [2.45, 2.75) is 25.5 Å². The van der Waals surface area contributed by atoms with E-state index in [1.165, 1.54) is 5.56 Å². The lowest BCUT2D eigenvalue weighted by Crippen LogP contribution is -2.46. The predicted molar refractivity (Wildman–Crippen MR) is 84.5 cm³/mol. The molecule has 0 aromatic heterocycles. The Balaban J connectivity index is 1.86. The maximum atomic E-state index is 11.9. The number of rotatable bonds is 4. The molecule has 1 saturated heterocycles. The molecule has 5 nitrogen and oxygen atoms in total. The van der Waals surface area contributed by atoms with Crippen LogP contribution in [0, 0.1) is 0 Å². The van der Waals surface area contributed by atoms with Gasteiger partial charge in [-0.3, -0.25) is 0 Å². The largest absolute Gasteiger partial charge is 0.382 e. The van der Waals surface area contributed by atoms with E-state index < -0.39 is 0 Å². The van der Waals surface area contributed by atoms with E-state index in [4.69, 9.17) is 4.74 Å². The second-order valence-electron chi connectivity index (χ2n) is 5.72. The highest BCUT2D eigenvalue weighted by Gasteiger charge is 2.23. The normalized spacial score (nSPS) is 15.9. The van der Waals surface area contributed by atoms with Gasteiger partial charge >= 0.3 is 6.03 Å². The molecule has 21 heavy (non-hydrogen) atoms. The molecule has 2 rings (SSSR count). The van der Waals surface area contributed by atoms with Gasteiger partial charge in [-0.05, 0) is 30.5 Å². The molecule has 0 atom stereocenters. The Hall–Kier alpha value is -1.75. The van der Waals surface area contributed by atoms with Crippen LogP contribution < -0.4 is 5.32 Å². The Morgan fingerprint density at radius 3 is 2.71 bits per heavy atom. The standard InChI is InChI=1S/C16H25N3O2/c1-18(2)16(20)19-9-7-14(8-10-19)17-15-6-4-5-13(11-15)12-21-3/h4-6,11,14,17H,7-10,12H2,1-3H3. The van der Waals surface area contributed by atoms with Crippen molar-refractivity contribution < 1.29 is 9.53 Å². The van der Waals surface area contributed by atoms with Crippen LogP contribution >= 0.6 is 0 Å². The molecule has 0 unspecified atom stereocenters. The van der Waals surface area contributed by atoms with E-state index in [-0.39, 0.29) is 6.03 Å². The number of nitrogens with one attached hydrogen (secondary N) is 1. The Morgan fingerprint density at radius 1 is 1.38 bits per heavy atom. The minimum atomic E-state index is 0.107. The molecule has 1 N–H and O–H groups in total. The second-order valence-corrected chi connectivity index (χ2v) is 5.72. The minimum absolute atomic E-state index is 0.107. The quantitative estimate of drug-likeness (QED) is 0.926. The molecule has 1 aromatic rings. The summed E-state index contributed by atoms with van der Waals surface area (Å²) in [6.07, 6.45) is 1.96. The predicted octanol–water partition coefficient (Wildman–Crippen LogP) is 2.39. The summed E-state index contributed by atoms with van der Waals surface area (Å²) in [5.41, 5.74) is 2.30. The summed E-state index contributed by atoms with van der Waals surface area (Å²) in [4.78, 5) is 15.5. The number of hydrogen-bond donors (Lipinski definition) is 1. The van der Waals surface area contributed by atoms with Crippen molar-refractivity contribution in [1.29, 1.82) is 0 Å². The number of hydrogen-bond acceptors (Lipinski definition) is 3. The number of likely N-dealkylation sites (tertiary alicyclic amines) is 1. The van der Waals surface area contributed by atoms with E-state index in [0.29, 0.717) is 12.6 Å². The maximum Gasteiger partial charge on any atom is 0.319 e. The van der Waals surface area contributed by atoms with Crippen molar-refractivity contribution in [3.63, 3.8) is 0 Å². The van der Waals surface area contributed by atoms with Gasteiger partial charge in [0.15, 0.2) is 0 Å². The lowest BCUT2D eigenvalue weighted by Gasteiger charge is -2.34. The van der Waals surface area contributed by atoms with Crippen molar-refractivity contribution in [3.05, 3.63) is 29.8 Å². The summed E-state index contributed by atoms with van der Waals surface area (Å²) in [6.45, 7) is 2.25. The minimum Gasteiger partial charge on any atom is -0.382 e. The fourth-order valence-corrected chi connectivity index (χ4v) is 2.65. The molecule has 0 radical (unpaired) electrons. The van der Waals surface area contributed by atoms with Crippen LogP contribution in [0.1, 0.15) is 18.4 Å². The molecule has 0 bridgehead atoms. The summed E-state index contributed by atoms with van der Waals surface area (Å²) in [5.74, 6) is 0. The Bertz CT molecular complexity index is 468. The zero-order valence-corrected chi connectivity index (χ0v) is 13.1. The highest BCUT2D eigenvalue weighted by molar-refractivity contribution is 5.73. The highest BCUT2D eigenvalue weighted by atomic mass is 16.5. The number of carbonyl (C=O) groups excluding carboxylic acids is 1. The molecule has 0 aliphatic carbocycles. The van der Waals surface area contributed by atoms with E-state index in [0.717, 1.165) is 31.6 Å². The average molecular weight is 291 g/mol. The third-order valence-electron chi connectivity index (χ3n) is 3.76. The smallest absolute Gasteiger partial charge is 0.319 e. The van der Waals surface area contributed by atoms with Gasteiger partial charge in [0, 0.05) is 46.0 Å². The number of amides is 2. The lowest BCUT2D eigenvalue weighted by molar-refractivity contribution is 0.158. The van der Waals surface area contributed by atoms with Crippen LogP contribution in [0.5, 0.6) is 0 Å². The first kappa shape index (κ1) is 15.6. The number of carbonyl (C=O) groups is 1. The molecule has 0 spiro atoms. The molecule has 1 fully saturated rings. The van der Waals surface area contributed by atoms with E-state index >= 15 is 0 Å². The Labute approximate surface area is 126 Å². The summed E-state index contributed by atoms with van der Waals surface area (Å²) in [5, 5.41) is 3.56. The van der Waals surface area contributed by atoms with Crippen LogP contribution in [0.25, 0.3) is 0 Å². The number of urea groups is 1. The molecule has 5 heteroatoms. The lowest BCUT2D eigenvalue weighted by atomic mass is 10.0. The second kappa shape index (κ2) is 7.31. The number of ether oxygens (including phenoxy) is 1. The number of nitrogens with zero attached hydrogens (tertiary/aromatic N) is 2. The van der Waals surface area contributed by atoms with Crippen molar-refractivity contribution >= 4 is 11.7 Å². The summed E-state index contributed by atoms with van der Waals surface area (Å²) >= 11 is 0. The van der Waals surface area contributed by atoms with Crippen LogP contribution in [-0.2, 0) is 11.3 Å². The first-order valence-corrected chi connectivity index (χ1v) is 7.41. The molecule has 0 saturated carbocycles. The van der Waals surface area contributed by atoms with Gasteiger partial charge in [0.25, 0.3) is 0 Å². The summed E-state index contributed by atoms with van der Waals surface area (Å²) in [6, 6.07) is 8.84. The van der Waals surface area contributed by atoms with Gasteiger partial charge in [-0.2, -0.15) is 0 Å². The van der Waals surface area contributed by atoms with E-state index in [1.807, 2.05) is 11.0 Å². The number of piperidine rings is 1. The van der Waals surface area contributed by atoms with Gasteiger partial charge in [0.05, 0.1) is 6.61 Å². The number of benzene rings is 1. The zero-order valence-electron chi connectivity index (χ0n) is 13.1. The molecular formula is C16H25N3O2. The van der Waals surface area contributed by atoms with Gasteiger partial charge in [-0.15, -0.1) is 0 Å². The van der Waals surface area contributed by atoms with Crippen LogP contribution in [0.3, 0.4) is 0 Å². The van der Waals surface area contributed by atoms with Crippen LogP contribution in [0.2, 0.25) is 0 Å². The zero-order chi connectivity index (χ0) is 15.2. The van der Waals surface area contributed by atoms with Crippen molar-refractivity contribution in [2.75, 3.05) is 39.6 Å².